The normalized spacial score (nSPS) is 29.9. The maximum atomic E-state index is 14.0. The van der Waals surface area contributed by atoms with Crippen molar-refractivity contribution < 1.29 is 37.3 Å². The van der Waals surface area contributed by atoms with Crippen molar-refractivity contribution in [3.8, 4) is 0 Å². The number of hydrogen-bond donors (Lipinski definition) is 0. The number of allylic oxidation sites excluding steroid dienone is 6. The van der Waals surface area contributed by atoms with Crippen molar-refractivity contribution in [3.05, 3.63) is 99.8 Å². The van der Waals surface area contributed by atoms with Crippen LogP contribution in [0.1, 0.15) is 113 Å². The van der Waals surface area contributed by atoms with E-state index in [-0.39, 0.29) is 84.2 Å². The van der Waals surface area contributed by atoms with Crippen LogP contribution in [-0.4, -0.2) is 82.2 Å². The molecule has 0 radical (unpaired) electrons. The van der Waals surface area contributed by atoms with Gasteiger partial charge in [0.2, 0.25) is 17.3 Å². The third-order valence-electron chi connectivity index (χ3n) is 15.9. The summed E-state index contributed by atoms with van der Waals surface area (Å²) in [6.07, 6.45) is 10.4. The zero-order valence-corrected chi connectivity index (χ0v) is 35.0. The zero-order valence-electron chi connectivity index (χ0n) is 35.0. The molecular weight excluding hydrogens is 773 g/mol. The average Bonchev–Trinajstić information content (AvgIpc) is 3.85. The minimum absolute atomic E-state index is 0.0496. The molecule has 3 aliphatic heterocycles. The molecule has 5 aliphatic carbocycles. The van der Waals surface area contributed by atoms with Gasteiger partial charge in [-0.1, -0.05) is 54.1 Å². The number of likely N-dealkylation sites (tertiary alicyclic amines) is 1. The molecule has 1 spiro atoms. The molecule has 0 N–H and O–H groups in total. The molecule has 2 aromatic carbocycles. The Balaban J connectivity index is 0.747. The molecule has 6 atom stereocenters. The first kappa shape index (κ1) is 40.1. The number of para-hydroxylation sites is 1. The Morgan fingerprint density at radius 3 is 2.43 bits per heavy atom. The Kier molecular flexibility index (Phi) is 10.2. The smallest absolute Gasteiger partial charge is 0.251 e. The van der Waals surface area contributed by atoms with Crippen LogP contribution < -0.4 is 0 Å². The minimum Gasteiger partial charge on any atom is -0.343 e. The summed E-state index contributed by atoms with van der Waals surface area (Å²) in [6, 6.07) is 16.4. The largest absolute Gasteiger partial charge is 0.343 e. The summed E-state index contributed by atoms with van der Waals surface area (Å²) in [6.45, 7) is 7.64. The van der Waals surface area contributed by atoms with Gasteiger partial charge < -0.3 is 4.90 Å². The first-order valence-corrected chi connectivity index (χ1v) is 22.5. The maximum absolute atomic E-state index is 14.0. The number of amides is 1. The standard InChI is InChI=1S/C51H54F2N3O5/c1-29-21-39-37-5-3-4-6-42(37)54(2)48(39)47(56(29)28-44(52)53)33-9-7-31(8-10-33)32-13-15-51(16-14-32)17-19-55(20-18-51)45(59)24-30-22-34-25-40-41(26-35(34)23-30)50(61)46(49(40)60)38-12-11-36(57)27-43(38)58/h3-10,13,25,29-30,35,38,44,46-47H,2,11-12,14-24,26-28H2,1H3/q+1/t29-,30?,35?,38?,46?,47-/m1/s1. The number of halogens is 2. The fourth-order valence-electron chi connectivity index (χ4n) is 12.5. The molecule has 2 saturated carbocycles. The van der Waals surface area contributed by atoms with Gasteiger partial charge >= 0.3 is 0 Å². The zero-order chi connectivity index (χ0) is 42.3. The molecule has 4 unspecified atom stereocenters. The number of carbonyl (C=O) groups is 5. The lowest BCUT2D eigenvalue weighted by Crippen LogP contribution is -2.44. The summed E-state index contributed by atoms with van der Waals surface area (Å²) >= 11 is 0. The van der Waals surface area contributed by atoms with Gasteiger partial charge in [0.1, 0.15) is 24.3 Å². The van der Waals surface area contributed by atoms with Crippen LogP contribution in [0.25, 0.3) is 11.1 Å². The van der Waals surface area contributed by atoms with Crippen molar-refractivity contribution in [2.45, 2.75) is 109 Å². The number of piperidine rings is 1. The first-order valence-electron chi connectivity index (χ1n) is 22.5. The van der Waals surface area contributed by atoms with E-state index in [1.165, 1.54) is 16.7 Å². The van der Waals surface area contributed by atoms with Crippen molar-refractivity contribution in [1.82, 2.24) is 9.80 Å². The van der Waals surface area contributed by atoms with Crippen LogP contribution in [0.15, 0.2) is 83.1 Å². The maximum Gasteiger partial charge on any atom is 0.251 e. The molecule has 1 amide bonds. The summed E-state index contributed by atoms with van der Waals surface area (Å²) in [5, 5.41) is 0. The highest BCUT2D eigenvalue weighted by Gasteiger charge is 2.51. The Hall–Kier alpha value is -4.96. The van der Waals surface area contributed by atoms with E-state index in [0.29, 0.717) is 30.4 Å². The van der Waals surface area contributed by atoms with E-state index in [9.17, 15) is 32.8 Å². The number of fused-ring (bicyclic) bond motifs is 3. The van der Waals surface area contributed by atoms with Crippen molar-refractivity contribution >= 4 is 52.6 Å². The molecule has 2 aromatic rings. The van der Waals surface area contributed by atoms with Gasteiger partial charge in [0.05, 0.1) is 24.4 Å². The van der Waals surface area contributed by atoms with Gasteiger partial charge in [0.15, 0.2) is 11.6 Å². The molecule has 61 heavy (non-hydrogen) atoms. The minimum atomic E-state index is -2.44. The Morgan fingerprint density at radius 2 is 1.70 bits per heavy atom. The van der Waals surface area contributed by atoms with Crippen molar-refractivity contribution in [1.29, 1.82) is 0 Å². The molecule has 8 aliphatic rings. The van der Waals surface area contributed by atoms with Crippen LogP contribution in [0.2, 0.25) is 0 Å². The van der Waals surface area contributed by atoms with Gasteiger partial charge in [0.25, 0.3) is 6.43 Å². The van der Waals surface area contributed by atoms with E-state index in [1.54, 1.807) is 0 Å². The second kappa shape index (κ2) is 15.4. The number of nitrogens with zero attached hydrogens (tertiary/aromatic N) is 3. The van der Waals surface area contributed by atoms with Crippen LogP contribution in [-0.2, 0) is 24.0 Å². The average molecular weight is 827 g/mol. The summed E-state index contributed by atoms with van der Waals surface area (Å²) < 4.78 is 30.0. The van der Waals surface area contributed by atoms with E-state index in [4.69, 9.17) is 0 Å². The van der Waals surface area contributed by atoms with Crippen LogP contribution in [0.4, 0.5) is 14.5 Å². The van der Waals surface area contributed by atoms with Gasteiger partial charge in [-0.15, -0.1) is 0 Å². The van der Waals surface area contributed by atoms with Gasteiger partial charge in [-0.25, -0.2) is 8.78 Å². The lowest BCUT2D eigenvalue weighted by Gasteiger charge is -2.44. The molecular formula is C51H54F2N3O5+. The van der Waals surface area contributed by atoms with Gasteiger partial charge in [-0.2, -0.15) is 4.58 Å². The summed E-state index contributed by atoms with van der Waals surface area (Å²) in [5.41, 5.74) is 10.2. The van der Waals surface area contributed by atoms with E-state index >= 15 is 0 Å². The molecule has 8 nitrogen and oxygen atoms in total. The molecule has 0 bridgehead atoms. The number of benzene rings is 2. The predicted molar refractivity (Wildman–Crippen MR) is 228 cm³/mol. The lowest BCUT2D eigenvalue weighted by atomic mass is 9.68. The van der Waals surface area contributed by atoms with Crippen molar-refractivity contribution in [3.63, 3.8) is 0 Å². The number of ketones is 4. The van der Waals surface area contributed by atoms with E-state index < -0.39 is 18.3 Å². The van der Waals surface area contributed by atoms with Crippen LogP contribution in [0.5, 0.6) is 0 Å². The summed E-state index contributed by atoms with van der Waals surface area (Å²) in [7, 11) is 0. The van der Waals surface area contributed by atoms with Gasteiger partial charge in [-0.3, -0.25) is 28.9 Å². The van der Waals surface area contributed by atoms with Crippen LogP contribution >= 0.6 is 0 Å². The third-order valence-corrected chi connectivity index (χ3v) is 15.9. The summed E-state index contributed by atoms with van der Waals surface area (Å²) in [4.78, 5) is 69.1. The molecule has 1 saturated heterocycles. The topological polar surface area (TPSA) is 94.8 Å². The monoisotopic (exact) mass is 826 g/mol. The molecule has 10 heteroatoms. The highest BCUT2D eigenvalue weighted by Crippen LogP contribution is 2.52. The highest BCUT2D eigenvalue weighted by atomic mass is 19.3. The molecule has 3 fully saturated rings. The molecule has 3 heterocycles. The molecule has 316 valence electrons. The van der Waals surface area contributed by atoms with Crippen LogP contribution in [0, 0.1) is 29.1 Å². The second-order valence-electron chi connectivity index (χ2n) is 19.3. The fraction of sp³-hybridized carbons (Fsp3) is 0.490. The highest BCUT2D eigenvalue weighted by molar-refractivity contribution is 6.28. The number of hydrogen-bond acceptors (Lipinski definition) is 6. The van der Waals surface area contributed by atoms with Crippen molar-refractivity contribution in [2.24, 2.45) is 29.1 Å². The molecule has 10 rings (SSSR count). The van der Waals surface area contributed by atoms with E-state index in [2.05, 4.69) is 49.2 Å². The summed E-state index contributed by atoms with van der Waals surface area (Å²) in [5.74, 6) is -2.03. The predicted octanol–water partition coefficient (Wildman–Crippen LogP) is 8.78. The fourth-order valence-corrected chi connectivity index (χ4v) is 12.5. The Morgan fingerprint density at radius 1 is 0.934 bits per heavy atom. The number of carbonyl (C=O) groups excluding carboxylic acids is 5. The third kappa shape index (κ3) is 6.97. The Labute approximate surface area is 356 Å². The van der Waals surface area contributed by atoms with E-state index in [0.717, 1.165) is 86.1 Å². The number of alkyl halides is 2. The van der Waals surface area contributed by atoms with E-state index in [1.807, 2.05) is 39.5 Å². The Bertz CT molecular complexity index is 2400. The number of rotatable bonds is 7. The van der Waals surface area contributed by atoms with Gasteiger partial charge in [0, 0.05) is 60.7 Å². The second-order valence-corrected chi connectivity index (χ2v) is 19.3. The number of Topliss-reactive ketones (excluding diaryl/α,β-unsaturated/α-hetero) is 4. The lowest BCUT2D eigenvalue weighted by molar-refractivity contribution is -0.380. The SMILES string of the molecule is C=[N+]1C2=C(C[C@@H](C)N(CC(F)F)[C@@H]2c2ccc(C3=CCC4(CC3)CCN(C(=O)CC3CC5=CC6=C(CC5C3)C(=O)C(C3CCC(=O)CC3=O)C6=O)CC4)cc2)c2ccccc21. The first-order chi connectivity index (χ1) is 29.4. The molecule has 0 aromatic heterocycles. The van der Waals surface area contributed by atoms with Gasteiger partial charge in [-0.05, 0) is 111 Å². The quantitative estimate of drug-likeness (QED) is 0.205. The van der Waals surface area contributed by atoms with Crippen molar-refractivity contribution in [2.75, 3.05) is 19.6 Å². The van der Waals surface area contributed by atoms with Crippen LogP contribution in [0.3, 0.4) is 0 Å².